The molecule has 2 unspecified atom stereocenters. The maximum absolute atomic E-state index is 10.9. The van der Waals surface area contributed by atoms with Gasteiger partial charge in [-0.05, 0) is 0 Å². The van der Waals surface area contributed by atoms with E-state index in [1.165, 1.54) is 7.11 Å². The minimum absolute atomic E-state index is 0.0764. The molecule has 0 aromatic carbocycles. The summed E-state index contributed by atoms with van der Waals surface area (Å²) in [5, 5.41) is 3.01. The number of nitrogens with two attached hydrogens (primary N) is 1. The highest BCUT2D eigenvalue weighted by atomic mass is 16.5. The van der Waals surface area contributed by atoms with Crippen molar-refractivity contribution < 1.29 is 9.53 Å². The van der Waals surface area contributed by atoms with Gasteiger partial charge in [0.05, 0.1) is 13.0 Å². The van der Waals surface area contributed by atoms with Gasteiger partial charge >= 0.3 is 5.97 Å². The average molecular weight is 144 g/mol. The van der Waals surface area contributed by atoms with Crippen LogP contribution in [0, 0.1) is 5.92 Å². The number of carbonyl (C=O) groups excluding carboxylic acids is 1. The zero-order valence-corrected chi connectivity index (χ0v) is 5.96. The third-order valence-electron chi connectivity index (χ3n) is 1.77. The number of hydrogen-bond donors (Lipinski definition) is 2. The standard InChI is InChI=1S/C6H12N2O2/c1-10-6(9)4-2-8-3-5(4)7/h4-5,8H,2-3,7H2,1H3. The van der Waals surface area contributed by atoms with E-state index in [9.17, 15) is 4.79 Å². The summed E-state index contributed by atoms with van der Waals surface area (Å²) in [6.45, 7) is 1.35. The Bertz CT molecular complexity index is 138. The molecule has 0 aromatic heterocycles. The Hall–Kier alpha value is -0.610. The van der Waals surface area contributed by atoms with E-state index in [0.717, 1.165) is 0 Å². The van der Waals surface area contributed by atoms with Crippen LogP contribution in [-0.4, -0.2) is 32.2 Å². The number of carbonyl (C=O) groups is 1. The molecule has 1 saturated heterocycles. The molecule has 0 aromatic rings. The molecule has 0 saturated carbocycles. The molecule has 1 aliphatic rings. The molecule has 3 N–H and O–H groups in total. The lowest BCUT2D eigenvalue weighted by Crippen LogP contribution is -2.34. The maximum Gasteiger partial charge on any atom is 0.311 e. The molecule has 1 rings (SSSR count). The average Bonchev–Trinajstić information content (AvgIpc) is 2.34. The zero-order chi connectivity index (χ0) is 7.56. The number of esters is 1. The van der Waals surface area contributed by atoms with Crippen LogP contribution in [0.2, 0.25) is 0 Å². The van der Waals surface area contributed by atoms with Crippen LogP contribution in [0.1, 0.15) is 0 Å². The lowest BCUT2D eigenvalue weighted by molar-refractivity contribution is -0.145. The third kappa shape index (κ3) is 1.27. The van der Waals surface area contributed by atoms with Gasteiger partial charge in [-0.2, -0.15) is 0 Å². The van der Waals surface area contributed by atoms with E-state index in [4.69, 9.17) is 5.73 Å². The second-order valence-corrected chi connectivity index (χ2v) is 2.45. The molecule has 0 aliphatic carbocycles. The fraction of sp³-hybridized carbons (Fsp3) is 0.833. The van der Waals surface area contributed by atoms with Crippen molar-refractivity contribution in [3.05, 3.63) is 0 Å². The van der Waals surface area contributed by atoms with Crippen LogP contribution in [0.15, 0.2) is 0 Å². The van der Waals surface area contributed by atoms with E-state index in [2.05, 4.69) is 10.1 Å². The van der Waals surface area contributed by atoms with E-state index in [0.29, 0.717) is 13.1 Å². The summed E-state index contributed by atoms with van der Waals surface area (Å²) in [6, 6.07) is -0.0764. The summed E-state index contributed by atoms with van der Waals surface area (Å²) in [6.07, 6.45) is 0. The molecular formula is C6H12N2O2. The Labute approximate surface area is 59.7 Å². The van der Waals surface area contributed by atoms with Crippen molar-refractivity contribution >= 4 is 5.97 Å². The molecule has 0 spiro atoms. The van der Waals surface area contributed by atoms with Crippen LogP contribution >= 0.6 is 0 Å². The first-order valence-electron chi connectivity index (χ1n) is 3.30. The molecule has 4 nitrogen and oxygen atoms in total. The summed E-state index contributed by atoms with van der Waals surface area (Å²) in [7, 11) is 1.38. The summed E-state index contributed by atoms with van der Waals surface area (Å²) < 4.78 is 4.55. The first-order chi connectivity index (χ1) is 4.75. The molecule has 10 heavy (non-hydrogen) atoms. The molecule has 1 heterocycles. The summed E-state index contributed by atoms with van der Waals surface area (Å²) >= 11 is 0. The van der Waals surface area contributed by atoms with Crippen molar-refractivity contribution in [2.45, 2.75) is 6.04 Å². The number of rotatable bonds is 1. The van der Waals surface area contributed by atoms with E-state index >= 15 is 0 Å². The molecule has 1 fully saturated rings. The number of methoxy groups -OCH3 is 1. The molecule has 2 atom stereocenters. The SMILES string of the molecule is COC(=O)C1CNCC1N. The monoisotopic (exact) mass is 144 g/mol. The van der Waals surface area contributed by atoms with Gasteiger partial charge in [0.15, 0.2) is 0 Å². The van der Waals surface area contributed by atoms with Gasteiger partial charge in [-0.15, -0.1) is 0 Å². The second-order valence-electron chi connectivity index (χ2n) is 2.45. The van der Waals surface area contributed by atoms with Crippen molar-refractivity contribution in [2.75, 3.05) is 20.2 Å². The summed E-state index contributed by atoms with van der Waals surface area (Å²) in [5.74, 6) is -0.359. The fourth-order valence-corrected chi connectivity index (χ4v) is 1.11. The van der Waals surface area contributed by atoms with Gasteiger partial charge in [0.1, 0.15) is 0 Å². The van der Waals surface area contributed by atoms with E-state index in [1.807, 2.05) is 0 Å². The van der Waals surface area contributed by atoms with Crippen molar-refractivity contribution in [3.8, 4) is 0 Å². The minimum atomic E-state index is -0.211. The first-order valence-corrected chi connectivity index (χ1v) is 3.30. The molecule has 1 aliphatic heterocycles. The second kappa shape index (κ2) is 2.98. The van der Waals surface area contributed by atoms with Gasteiger partial charge in [0, 0.05) is 19.1 Å². The summed E-state index contributed by atoms with van der Waals surface area (Å²) in [5.41, 5.74) is 5.59. The first kappa shape index (κ1) is 7.50. The highest BCUT2D eigenvalue weighted by Gasteiger charge is 2.30. The largest absolute Gasteiger partial charge is 0.469 e. The Morgan fingerprint density at radius 3 is 2.80 bits per heavy atom. The van der Waals surface area contributed by atoms with E-state index < -0.39 is 0 Å². The van der Waals surface area contributed by atoms with Gasteiger partial charge in [0.25, 0.3) is 0 Å². The fourth-order valence-electron chi connectivity index (χ4n) is 1.11. The predicted octanol–water partition coefficient (Wildman–Crippen LogP) is -1.29. The van der Waals surface area contributed by atoms with Gasteiger partial charge in [-0.1, -0.05) is 0 Å². The Balaban J connectivity index is 2.46. The van der Waals surface area contributed by atoms with Crippen LogP contribution in [0.5, 0.6) is 0 Å². The van der Waals surface area contributed by atoms with Crippen LogP contribution < -0.4 is 11.1 Å². The van der Waals surface area contributed by atoms with Crippen molar-refractivity contribution in [1.29, 1.82) is 0 Å². The highest BCUT2D eigenvalue weighted by Crippen LogP contribution is 2.07. The smallest absolute Gasteiger partial charge is 0.311 e. The molecule has 58 valence electrons. The number of hydrogen-bond acceptors (Lipinski definition) is 4. The molecule has 4 heteroatoms. The predicted molar refractivity (Wildman–Crippen MR) is 36.4 cm³/mol. The Morgan fingerprint density at radius 2 is 2.40 bits per heavy atom. The van der Waals surface area contributed by atoms with Crippen LogP contribution in [0.25, 0.3) is 0 Å². The Kier molecular flexibility index (Phi) is 2.24. The topological polar surface area (TPSA) is 64.3 Å². The van der Waals surface area contributed by atoms with Gasteiger partial charge in [-0.3, -0.25) is 4.79 Å². The third-order valence-corrected chi connectivity index (χ3v) is 1.77. The van der Waals surface area contributed by atoms with Crippen molar-refractivity contribution in [3.63, 3.8) is 0 Å². The van der Waals surface area contributed by atoms with E-state index in [1.54, 1.807) is 0 Å². The van der Waals surface area contributed by atoms with Crippen LogP contribution in [0.3, 0.4) is 0 Å². The molecular weight excluding hydrogens is 132 g/mol. The summed E-state index contributed by atoms with van der Waals surface area (Å²) in [4.78, 5) is 10.9. The van der Waals surface area contributed by atoms with Crippen molar-refractivity contribution in [2.24, 2.45) is 11.7 Å². The van der Waals surface area contributed by atoms with E-state index in [-0.39, 0.29) is 17.9 Å². The number of nitrogens with one attached hydrogen (secondary N) is 1. The number of ether oxygens (including phenoxy) is 1. The van der Waals surface area contributed by atoms with Crippen molar-refractivity contribution in [1.82, 2.24) is 5.32 Å². The molecule has 0 amide bonds. The van der Waals surface area contributed by atoms with Crippen LogP contribution in [0.4, 0.5) is 0 Å². The normalized spacial score (nSPS) is 32.2. The Morgan fingerprint density at radius 1 is 1.70 bits per heavy atom. The van der Waals surface area contributed by atoms with Crippen LogP contribution in [-0.2, 0) is 9.53 Å². The molecule has 0 bridgehead atoms. The molecule has 0 radical (unpaired) electrons. The van der Waals surface area contributed by atoms with Gasteiger partial charge in [-0.25, -0.2) is 0 Å². The lowest BCUT2D eigenvalue weighted by Gasteiger charge is -2.09. The lowest BCUT2D eigenvalue weighted by atomic mass is 10.1. The maximum atomic E-state index is 10.9. The quantitative estimate of drug-likeness (QED) is 0.449. The van der Waals surface area contributed by atoms with Gasteiger partial charge in [0.2, 0.25) is 0 Å². The minimum Gasteiger partial charge on any atom is -0.469 e. The highest BCUT2D eigenvalue weighted by molar-refractivity contribution is 5.73. The van der Waals surface area contributed by atoms with Gasteiger partial charge < -0.3 is 15.8 Å². The zero-order valence-electron chi connectivity index (χ0n) is 5.96.